The molecule has 7 heteroatoms. The lowest BCUT2D eigenvalue weighted by Gasteiger charge is -2.40. The third kappa shape index (κ3) is 4.91. The van der Waals surface area contributed by atoms with E-state index in [0.717, 1.165) is 35.8 Å². The Labute approximate surface area is 178 Å². The van der Waals surface area contributed by atoms with E-state index in [9.17, 15) is 4.79 Å². The van der Waals surface area contributed by atoms with Gasteiger partial charge in [-0.25, -0.2) is 4.98 Å². The average Bonchev–Trinajstić information content (AvgIpc) is 2.72. The predicted octanol–water partition coefficient (Wildman–Crippen LogP) is 3.08. The number of aromatic nitrogens is 1. The molecule has 2 heterocycles. The molecule has 0 saturated heterocycles. The maximum absolute atomic E-state index is 13.2. The van der Waals surface area contributed by atoms with Crippen molar-refractivity contribution in [2.45, 2.75) is 38.8 Å². The minimum absolute atomic E-state index is 0.00466. The van der Waals surface area contributed by atoms with E-state index in [2.05, 4.69) is 21.6 Å². The van der Waals surface area contributed by atoms with Gasteiger partial charge in [0.25, 0.3) is 0 Å². The molecule has 0 spiro atoms. The average molecular weight is 413 g/mol. The van der Waals surface area contributed by atoms with Crippen molar-refractivity contribution in [2.75, 3.05) is 39.2 Å². The van der Waals surface area contributed by atoms with E-state index in [1.54, 1.807) is 14.2 Å². The molecule has 1 aliphatic heterocycles. The molecule has 1 aromatic carbocycles. The Bertz CT molecular complexity index is 869. The molecule has 1 unspecified atom stereocenters. The molecule has 1 aromatic heterocycles. The van der Waals surface area contributed by atoms with Crippen molar-refractivity contribution < 1.29 is 14.3 Å². The molecule has 7 nitrogen and oxygen atoms in total. The molecule has 0 aliphatic carbocycles. The van der Waals surface area contributed by atoms with Crippen molar-refractivity contribution in [1.82, 2.24) is 15.2 Å². The van der Waals surface area contributed by atoms with Crippen LogP contribution in [0.3, 0.4) is 0 Å². The Kier molecular flexibility index (Phi) is 6.95. The van der Waals surface area contributed by atoms with Crippen LogP contribution in [0.2, 0.25) is 0 Å². The predicted molar refractivity (Wildman–Crippen MR) is 118 cm³/mol. The summed E-state index contributed by atoms with van der Waals surface area (Å²) in [7, 11) is 3.34. The molecule has 0 radical (unpaired) electrons. The van der Waals surface area contributed by atoms with Crippen molar-refractivity contribution in [2.24, 2.45) is 0 Å². The van der Waals surface area contributed by atoms with E-state index in [-0.39, 0.29) is 11.9 Å². The Morgan fingerprint density at radius 2 is 1.93 bits per heavy atom. The Balaban J connectivity index is 1.92. The Hall–Kier alpha value is -2.64. The molecule has 2 N–H and O–H groups in total. The molecule has 0 bridgehead atoms. The molecular weight excluding hydrogens is 380 g/mol. The van der Waals surface area contributed by atoms with Gasteiger partial charge in [-0.15, -0.1) is 0 Å². The van der Waals surface area contributed by atoms with Crippen LogP contribution in [0.5, 0.6) is 5.75 Å². The number of nitrogens with zero attached hydrogens (tertiary/aromatic N) is 2. The van der Waals surface area contributed by atoms with Gasteiger partial charge in [0.05, 0.1) is 19.4 Å². The number of nitrogens with one attached hydrogen (secondary N) is 2. The maximum Gasteiger partial charge on any atom is 0.233 e. The first-order chi connectivity index (χ1) is 14.4. The third-order valence-electron chi connectivity index (χ3n) is 5.33. The maximum atomic E-state index is 13.2. The van der Waals surface area contributed by atoms with E-state index >= 15 is 0 Å². The highest BCUT2D eigenvalue weighted by molar-refractivity contribution is 5.88. The molecule has 3 rings (SSSR count). The van der Waals surface area contributed by atoms with Gasteiger partial charge in [0, 0.05) is 38.5 Å². The number of carbonyl (C=O) groups is 1. The van der Waals surface area contributed by atoms with Crippen LogP contribution in [-0.2, 0) is 21.5 Å². The molecule has 2 aromatic rings. The number of pyridine rings is 1. The van der Waals surface area contributed by atoms with Crippen LogP contribution in [-0.4, -0.2) is 55.7 Å². The van der Waals surface area contributed by atoms with Gasteiger partial charge in [-0.1, -0.05) is 6.07 Å². The Morgan fingerprint density at radius 3 is 2.57 bits per heavy atom. The number of anilines is 2. The monoisotopic (exact) mass is 412 g/mol. The number of methoxy groups -OCH3 is 2. The lowest BCUT2D eigenvalue weighted by Crippen LogP contribution is -2.55. The molecule has 1 amide bonds. The lowest BCUT2D eigenvalue weighted by atomic mass is 9.79. The number of ether oxygens (including phenoxy) is 2. The Morgan fingerprint density at radius 1 is 1.20 bits per heavy atom. The van der Waals surface area contributed by atoms with Gasteiger partial charge in [0.1, 0.15) is 17.0 Å². The highest BCUT2D eigenvalue weighted by Crippen LogP contribution is 2.34. The number of rotatable bonds is 8. The first kappa shape index (κ1) is 22.1. The molecule has 1 aliphatic rings. The smallest absolute Gasteiger partial charge is 0.233 e. The number of carbonyl (C=O) groups excluding carboxylic acids is 1. The first-order valence-electron chi connectivity index (χ1n) is 10.3. The van der Waals surface area contributed by atoms with Crippen LogP contribution in [0.15, 0.2) is 36.4 Å². The minimum atomic E-state index is -0.747. The fraction of sp³-hybridized carbons (Fsp3) is 0.478. The lowest BCUT2D eigenvalue weighted by molar-refractivity contribution is -0.128. The van der Waals surface area contributed by atoms with Crippen LogP contribution in [0.1, 0.15) is 32.0 Å². The normalized spacial score (nSPS) is 18.7. The molecule has 0 saturated carbocycles. The second-order valence-corrected chi connectivity index (χ2v) is 8.22. The van der Waals surface area contributed by atoms with Crippen molar-refractivity contribution >= 4 is 17.4 Å². The van der Waals surface area contributed by atoms with Gasteiger partial charge in [0.2, 0.25) is 5.91 Å². The molecule has 1 atom stereocenters. The summed E-state index contributed by atoms with van der Waals surface area (Å²) in [6.45, 7) is 8.67. The second kappa shape index (κ2) is 9.45. The zero-order valence-electron chi connectivity index (χ0n) is 18.5. The fourth-order valence-electron chi connectivity index (χ4n) is 3.78. The summed E-state index contributed by atoms with van der Waals surface area (Å²) in [6.07, 6.45) is 0. The van der Waals surface area contributed by atoms with Crippen molar-refractivity contribution in [1.29, 1.82) is 0 Å². The molecule has 0 fully saturated rings. The standard InChI is InChI=1S/C23H32N4O3/c1-16(2)24-22(28)23(3)15-27(12-13-29-4)14-17-6-11-20(26-21(17)23)25-18-7-9-19(30-5)10-8-18/h6-11,16H,12-15H2,1-5H3,(H,24,28)(H,25,26). The summed E-state index contributed by atoms with van der Waals surface area (Å²) in [4.78, 5) is 20.3. The van der Waals surface area contributed by atoms with E-state index in [1.165, 1.54) is 0 Å². The van der Waals surface area contributed by atoms with E-state index < -0.39 is 5.41 Å². The van der Waals surface area contributed by atoms with Crippen LogP contribution >= 0.6 is 0 Å². The minimum Gasteiger partial charge on any atom is -0.497 e. The number of fused-ring (bicyclic) bond motifs is 1. The topological polar surface area (TPSA) is 75.7 Å². The quantitative estimate of drug-likeness (QED) is 0.694. The number of hydrogen-bond donors (Lipinski definition) is 2. The van der Waals surface area contributed by atoms with Crippen LogP contribution < -0.4 is 15.4 Å². The van der Waals surface area contributed by atoms with Crippen LogP contribution in [0.4, 0.5) is 11.5 Å². The number of amides is 1. The molecular formula is C23H32N4O3. The second-order valence-electron chi connectivity index (χ2n) is 8.22. The summed E-state index contributed by atoms with van der Waals surface area (Å²) in [5.41, 5.74) is 2.06. The van der Waals surface area contributed by atoms with Gasteiger partial charge in [-0.05, 0) is 56.7 Å². The van der Waals surface area contributed by atoms with E-state index in [4.69, 9.17) is 14.5 Å². The zero-order chi connectivity index (χ0) is 21.7. The third-order valence-corrected chi connectivity index (χ3v) is 5.33. The highest BCUT2D eigenvalue weighted by Gasteiger charge is 2.43. The number of hydrogen-bond acceptors (Lipinski definition) is 6. The summed E-state index contributed by atoms with van der Waals surface area (Å²) in [5, 5.41) is 6.42. The SMILES string of the molecule is COCCN1Cc2ccc(Nc3ccc(OC)cc3)nc2C(C)(C(=O)NC(C)C)C1. The van der Waals surface area contributed by atoms with Gasteiger partial charge in [-0.3, -0.25) is 9.69 Å². The number of benzene rings is 1. The first-order valence-corrected chi connectivity index (χ1v) is 10.3. The fourth-order valence-corrected chi connectivity index (χ4v) is 3.78. The van der Waals surface area contributed by atoms with E-state index in [1.807, 2.05) is 51.1 Å². The van der Waals surface area contributed by atoms with Gasteiger partial charge < -0.3 is 20.1 Å². The van der Waals surface area contributed by atoms with Gasteiger partial charge in [0.15, 0.2) is 0 Å². The van der Waals surface area contributed by atoms with Crippen LogP contribution in [0, 0.1) is 0 Å². The highest BCUT2D eigenvalue weighted by atomic mass is 16.5. The van der Waals surface area contributed by atoms with Gasteiger partial charge in [-0.2, -0.15) is 0 Å². The largest absolute Gasteiger partial charge is 0.497 e. The van der Waals surface area contributed by atoms with Gasteiger partial charge >= 0.3 is 0 Å². The molecule has 162 valence electrons. The zero-order valence-corrected chi connectivity index (χ0v) is 18.5. The van der Waals surface area contributed by atoms with E-state index in [0.29, 0.717) is 19.0 Å². The molecule has 30 heavy (non-hydrogen) atoms. The van der Waals surface area contributed by atoms with Crippen LogP contribution in [0.25, 0.3) is 0 Å². The van der Waals surface area contributed by atoms with Crippen molar-refractivity contribution in [3.8, 4) is 5.75 Å². The summed E-state index contributed by atoms with van der Waals surface area (Å²) >= 11 is 0. The van der Waals surface area contributed by atoms with Crippen molar-refractivity contribution in [3.63, 3.8) is 0 Å². The summed E-state index contributed by atoms with van der Waals surface area (Å²) < 4.78 is 10.5. The summed E-state index contributed by atoms with van der Waals surface area (Å²) in [5.74, 6) is 1.51. The summed E-state index contributed by atoms with van der Waals surface area (Å²) in [6, 6.07) is 11.8. The van der Waals surface area contributed by atoms with Crippen molar-refractivity contribution in [3.05, 3.63) is 47.7 Å².